The third kappa shape index (κ3) is 4.58. The van der Waals surface area contributed by atoms with Crippen molar-refractivity contribution < 1.29 is 27.5 Å². The molecule has 140 valence electrons. The molecule has 0 aromatic heterocycles. The van der Waals surface area contributed by atoms with E-state index in [1.54, 1.807) is 38.1 Å². The molecule has 0 aliphatic carbocycles. The number of benzene rings is 2. The van der Waals surface area contributed by atoms with E-state index in [-0.39, 0.29) is 25.4 Å². The number of halogens is 1. The molecule has 1 unspecified atom stereocenters. The molecule has 0 aliphatic heterocycles. The van der Waals surface area contributed by atoms with Crippen molar-refractivity contribution >= 4 is 24.3 Å². The van der Waals surface area contributed by atoms with Gasteiger partial charge in [0, 0.05) is 0 Å². The first-order valence-electron chi connectivity index (χ1n) is 8.29. The average molecular weight is 380 g/mol. The number of ether oxygens (including phenoxy) is 1. The molecule has 0 saturated carbocycles. The van der Waals surface area contributed by atoms with Gasteiger partial charge in [0.15, 0.2) is 0 Å². The summed E-state index contributed by atoms with van der Waals surface area (Å²) in [7, 11) is -3.93. The summed E-state index contributed by atoms with van der Waals surface area (Å²) in [4.78, 5) is 12.0. The van der Waals surface area contributed by atoms with E-state index in [1.807, 2.05) is 0 Å². The largest absolute Gasteiger partial charge is 0.458 e. The summed E-state index contributed by atoms with van der Waals surface area (Å²) in [5.41, 5.74) is 0.504. The van der Waals surface area contributed by atoms with Crippen LogP contribution >= 0.6 is 7.60 Å². The number of carbonyl (C=O) groups excluding carboxylic acids is 1. The Kier molecular flexibility index (Phi) is 7.09. The summed E-state index contributed by atoms with van der Waals surface area (Å²) < 4.78 is 42.7. The van der Waals surface area contributed by atoms with Crippen molar-refractivity contribution in [1.29, 1.82) is 0 Å². The number of carbonyl (C=O) groups is 1. The van der Waals surface area contributed by atoms with Crippen molar-refractivity contribution in [3.05, 3.63) is 60.2 Å². The number of fused-ring (bicyclic) bond motifs is 1. The van der Waals surface area contributed by atoms with Gasteiger partial charge in [0.1, 0.15) is 6.61 Å². The Morgan fingerprint density at radius 1 is 1.15 bits per heavy atom. The molecule has 2 aromatic carbocycles. The van der Waals surface area contributed by atoms with Gasteiger partial charge in [-0.1, -0.05) is 30.9 Å². The van der Waals surface area contributed by atoms with Gasteiger partial charge in [-0.3, -0.25) is 4.57 Å². The molecule has 1 atom stereocenters. The maximum atomic E-state index is 14.9. The van der Waals surface area contributed by atoms with Gasteiger partial charge in [0.05, 0.1) is 18.8 Å². The Morgan fingerprint density at radius 3 is 2.42 bits per heavy atom. The molecule has 0 amide bonds. The number of hydrogen-bond donors (Lipinski definition) is 0. The predicted octanol–water partition coefficient (Wildman–Crippen LogP) is 5.42. The van der Waals surface area contributed by atoms with Crippen LogP contribution < -0.4 is 0 Å². The zero-order valence-electron chi connectivity index (χ0n) is 14.8. The minimum absolute atomic E-state index is 0.0740. The fourth-order valence-corrected chi connectivity index (χ4v) is 4.05. The Hall–Kier alpha value is -2.01. The predicted molar refractivity (Wildman–Crippen MR) is 99.1 cm³/mol. The lowest BCUT2D eigenvalue weighted by atomic mass is 10.0. The Bertz CT molecular complexity index is 826. The zero-order chi connectivity index (χ0) is 19.2. The molecule has 0 aliphatic rings. The van der Waals surface area contributed by atoms with E-state index in [9.17, 15) is 13.8 Å². The Balaban J connectivity index is 2.38. The van der Waals surface area contributed by atoms with Crippen LogP contribution in [0.2, 0.25) is 0 Å². The van der Waals surface area contributed by atoms with Crippen LogP contribution in [0.4, 0.5) is 4.39 Å². The Labute approximate surface area is 152 Å². The van der Waals surface area contributed by atoms with Gasteiger partial charge in [-0.2, -0.15) is 0 Å². The first kappa shape index (κ1) is 20.3. The molecule has 0 fully saturated rings. The van der Waals surface area contributed by atoms with Gasteiger partial charge < -0.3 is 13.8 Å². The SMILES string of the molecule is C=CCOC(=O)c1ccc2ccc(C(F)P(=O)(OCC)OCC)cc2c1. The summed E-state index contributed by atoms with van der Waals surface area (Å²) in [6, 6.07) is 9.73. The third-order valence-electron chi connectivity index (χ3n) is 3.60. The minimum Gasteiger partial charge on any atom is -0.458 e. The second kappa shape index (κ2) is 9.08. The zero-order valence-corrected chi connectivity index (χ0v) is 15.7. The lowest BCUT2D eigenvalue weighted by molar-refractivity contribution is 0.0550. The van der Waals surface area contributed by atoms with Gasteiger partial charge in [-0.05, 0) is 48.4 Å². The maximum absolute atomic E-state index is 14.9. The van der Waals surface area contributed by atoms with E-state index in [2.05, 4.69) is 6.58 Å². The molecule has 0 N–H and O–H groups in total. The minimum atomic E-state index is -3.93. The van der Waals surface area contributed by atoms with Gasteiger partial charge in [0.2, 0.25) is 5.91 Å². The highest BCUT2D eigenvalue weighted by Gasteiger charge is 2.37. The lowest BCUT2D eigenvalue weighted by Gasteiger charge is -2.21. The molecule has 26 heavy (non-hydrogen) atoms. The van der Waals surface area contributed by atoms with Crippen molar-refractivity contribution in [2.75, 3.05) is 19.8 Å². The number of alkyl halides is 1. The van der Waals surface area contributed by atoms with E-state index >= 15 is 0 Å². The van der Waals surface area contributed by atoms with Crippen LogP contribution in [-0.2, 0) is 18.3 Å². The van der Waals surface area contributed by atoms with Crippen LogP contribution in [0, 0.1) is 0 Å². The summed E-state index contributed by atoms with van der Waals surface area (Å²) >= 11 is 0. The van der Waals surface area contributed by atoms with E-state index in [4.69, 9.17) is 13.8 Å². The van der Waals surface area contributed by atoms with Crippen molar-refractivity contribution in [2.45, 2.75) is 19.8 Å². The molecule has 0 spiro atoms. The normalized spacial score (nSPS) is 12.7. The molecule has 0 radical (unpaired) electrons. The Morgan fingerprint density at radius 2 is 1.81 bits per heavy atom. The van der Waals surface area contributed by atoms with Crippen molar-refractivity contribution in [3.8, 4) is 0 Å². The second-order valence-corrected chi connectivity index (χ2v) is 7.47. The van der Waals surface area contributed by atoms with Crippen LogP contribution in [0.15, 0.2) is 49.1 Å². The van der Waals surface area contributed by atoms with E-state index in [1.165, 1.54) is 18.2 Å². The fraction of sp³-hybridized carbons (Fsp3) is 0.316. The molecular formula is C19H22FO5P. The lowest BCUT2D eigenvalue weighted by Crippen LogP contribution is -2.05. The smallest absolute Gasteiger partial charge is 0.369 e. The van der Waals surface area contributed by atoms with Crippen molar-refractivity contribution in [3.63, 3.8) is 0 Å². The van der Waals surface area contributed by atoms with Crippen LogP contribution in [0.5, 0.6) is 0 Å². The van der Waals surface area contributed by atoms with E-state index < -0.39 is 19.5 Å². The molecule has 0 bridgehead atoms. The molecule has 2 rings (SSSR count). The number of esters is 1. The van der Waals surface area contributed by atoms with Crippen LogP contribution in [0.1, 0.15) is 35.7 Å². The first-order chi connectivity index (χ1) is 12.4. The summed E-state index contributed by atoms with van der Waals surface area (Å²) in [6.07, 6.45) is 1.48. The van der Waals surface area contributed by atoms with Crippen LogP contribution in [0.3, 0.4) is 0 Å². The van der Waals surface area contributed by atoms with Crippen LogP contribution in [-0.4, -0.2) is 25.8 Å². The number of hydrogen-bond acceptors (Lipinski definition) is 5. The van der Waals surface area contributed by atoms with E-state index in [0.29, 0.717) is 10.9 Å². The second-order valence-electron chi connectivity index (χ2n) is 5.42. The van der Waals surface area contributed by atoms with Crippen molar-refractivity contribution in [1.82, 2.24) is 0 Å². The van der Waals surface area contributed by atoms with Crippen molar-refractivity contribution in [2.24, 2.45) is 0 Å². The van der Waals surface area contributed by atoms with Gasteiger partial charge in [-0.25, -0.2) is 9.18 Å². The highest BCUT2D eigenvalue weighted by Crippen LogP contribution is 2.61. The van der Waals surface area contributed by atoms with Crippen LogP contribution in [0.25, 0.3) is 10.8 Å². The highest BCUT2D eigenvalue weighted by molar-refractivity contribution is 7.54. The van der Waals surface area contributed by atoms with Gasteiger partial charge in [0.25, 0.3) is 0 Å². The molecular weight excluding hydrogens is 358 g/mol. The fourth-order valence-electron chi connectivity index (χ4n) is 2.47. The first-order valence-corrected chi connectivity index (χ1v) is 9.91. The average Bonchev–Trinajstić information content (AvgIpc) is 2.65. The molecule has 0 heterocycles. The quantitative estimate of drug-likeness (QED) is 0.330. The monoisotopic (exact) mass is 380 g/mol. The van der Waals surface area contributed by atoms with Gasteiger partial charge in [-0.15, -0.1) is 0 Å². The summed E-state index contributed by atoms with van der Waals surface area (Å²) in [5.74, 6) is -2.41. The molecule has 5 nitrogen and oxygen atoms in total. The maximum Gasteiger partial charge on any atom is 0.369 e. The van der Waals surface area contributed by atoms with Gasteiger partial charge >= 0.3 is 13.6 Å². The van der Waals surface area contributed by atoms with E-state index in [0.717, 1.165) is 5.39 Å². The summed E-state index contributed by atoms with van der Waals surface area (Å²) in [6.45, 7) is 7.00. The number of rotatable bonds is 9. The molecule has 7 heteroatoms. The highest BCUT2D eigenvalue weighted by atomic mass is 31.2. The topological polar surface area (TPSA) is 61.8 Å². The molecule has 0 saturated heterocycles. The summed E-state index contributed by atoms with van der Waals surface area (Å²) in [5, 5.41) is 1.43. The standard InChI is InChI=1S/C19H22FO5P/c1-4-11-23-19(21)16-10-8-14-7-9-15(12-17(14)13-16)18(20)26(22,24-5-2)25-6-3/h4,7-10,12-13,18H,1,5-6,11H2,2-3H3. The molecule has 2 aromatic rings. The third-order valence-corrected chi connectivity index (χ3v) is 5.69.